The van der Waals surface area contributed by atoms with E-state index in [1.165, 1.54) is 0 Å². The molecule has 3 nitrogen and oxygen atoms in total. The van der Waals surface area contributed by atoms with Crippen LogP contribution in [0.5, 0.6) is 0 Å². The SMILES string of the molecule is Cc1ccc(C(=O)N2CC(C)CC2C)cc1C#CCN. The zero-order valence-corrected chi connectivity index (χ0v) is 12.4. The summed E-state index contributed by atoms with van der Waals surface area (Å²) in [5, 5.41) is 0. The number of hydrogen-bond acceptors (Lipinski definition) is 2. The van der Waals surface area contributed by atoms with Crippen molar-refractivity contribution in [1.82, 2.24) is 4.90 Å². The van der Waals surface area contributed by atoms with E-state index in [4.69, 9.17) is 5.73 Å². The number of hydrogen-bond donors (Lipinski definition) is 1. The van der Waals surface area contributed by atoms with Crippen LogP contribution in [0.2, 0.25) is 0 Å². The van der Waals surface area contributed by atoms with Gasteiger partial charge in [0.25, 0.3) is 5.91 Å². The number of amides is 1. The predicted octanol–water partition coefficient (Wildman–Crippen LogP) is 2.18. The van der Waals surface area contributed by atoms with Gasteiger partial charge in [-0.3, -0.25) is 4.79 Å². The van der Waals surface area contributed by atoms with Crippen molar-refractivity contribution in [3.63, 3.8) is 0 Å². The van der Waals surface area contributed by atoms with Crippen molar-refractivity contribution in [1.29, 1.82) is 0 Å². The first-order chi connectivity index (χ1) is 9.52. The van der Waals surface area contributed by atoms with Crippen molar-refractivity contribution in [3.05, 3.63) is 34.9 Å². The smallest absolute Gasteiger partial charge is 0.254 e. The molecular formula is C17H22N2O. The topological polar surface area (TPSA) is 46.3 Å². The number of aryl methyl sites for hydroxylation is 1. The molecule has 2 unspecified atom stereocenters. The van der Waals surface area contributed by atoms with E-state index in [2.05, 4.69) is 25.7 Å². The highest BCUT2D eigenvalue weighted by molar-refractivity contribution is 5.95. The lowest BCUT2D eigenvalue weighted by Gasteiger charge is -2.21. The van der Waals surface area contributed by atoms with Crippen LogP contribution in [-0.2, 0) is 0 Å². The first-order valence-electron chi connectivity index (χ1n) is 7.13. The van der Waals surface area contributed by atoms with Crippen molar-refractivity contribution >= 4 is 5.91 Å². The van der Waals surface area contributed by atoms with Crippen LogP contribution in [0.3, 0.4) is 0 Å². The molecule has 1 heterocycles. The van der Waals surface area contributed by atoms with Gasteiger partial charge >= 0.3 is 0 Å². The van der Waals surface area contributed by atoms with Crippen LogP contribution < -0.4 is 5.73 Å². The number of carbonyl (C=O) groups is 1. The molecule has 0 aliphatic carbocycles. The van der Waals surface area contributed by atoms with E-state index in [-0.39, 0.29) is 5.91 Å². The Labute approximate surface area is 121 Å². The predicted molar refractivity (Wildman–Crippen MR) is 81.4 cm³/mol. The Morgan fingerprint density at radius 3 is 2.80 bits per heavy atom. The van der Waals surface area contributed by atoms with Gasteiger partial charge < -0.3 is 10.6 Å². The molecule has 0 bridgehead atoms. The highest BCUT2D eigenvalue weighted by Crippen LogP contribution is 2.24. The third-order valence-corrected chi connectivity index (χ3v) is 3.85. The van der Waals surface area contributed by atoms with Gasteiger partial charge in [0.15, 0.2) is 0 Å². The third kappa shape index (κ3) is 3.02. The van der Waals surface area contributed by atoms with Gasteiger partial charge in [-0.25, -0.2) is 0 Å². The highest BCUT2D eigenvalue weighted by atomic mass is 16.2. The van der Waals surface area contributed by atoms with Gasteiger partial charge in [0.2, 0.25) is 0 Å². The number of likely N-dealkylation sites (tertiary alicyclic amines) is 1. The summed E-state index contributed by atoms with van der Waals surface area (Å²) < 4.78 is 0. The molecule has 1 fully saturated rings. The Hall–Kier alpha value is -1.79. The largest absolute Gasteiger partial charge is 0.336 e. The van der Waals surface area contributed by atoms with E-state index in [0.29, 0.717) is 18.5 Å². The fourth-order valence-electron chi connectivity index (χ4n) is 2.78. The normalized spacial score (nSPS) is 21.5. The summed E-state index contributed by atoms with van der Waals surface area (Å²) in [7, 11) is 0. The summed E-state index contributed by atoms with van der Waals surface area (Å²) in [6, 6.07) is 6.05. The number of carbonyl (C=O) groups excluding carboxylic acids is 1. The third-order valence-electron chi connectivity index (χ3n) is 3.85. The molecule has 1 aliphatic heterocycles. The number of nitrogens with zero attached hydrogens (tertiary/aromatic N) is 1. The van der Waals surface area contributed by atoms with E-state index in [1.807, 2.05) is 30.0 Å². The van der Waals surface area contributed by atoms with E-state index < -0.39 is 0 Å². The second kappa shape index (κ2) is 6.11. The van der Waals surface area contributed by atoms with Crippen molar-refractivity contribution in [3.8, 4) is 11.8 Å². The van der Waals surface area contributed by atoms with E-state index in [0.717, 1.165) is 29.7 Å². The van der Waals surface area contributed by atoms with E-state index in [9.17, 15) is 4.79 Å². The summed E-state index contributed by atoms with van der Waals surface area (Å²) in [5.41, 5.74) is 8.09. The number of nitrogens with two attached hydrogens (primary N) is 1. The molecule has 0 radical (unpaired) electrons. The van der Waals surface area contributed by atoms with Gasteiger partial charge in [0.05, 0.1) is 6.54 Å². The van der Waals surface area contributed by atoms with Crippen LogP contribution in [0.1, 0.15) is 41.8 Å². The molecule has 1 amide bonds. The average molecular weight is 270 g/mol. The molecule has 1 saturated heterocycles. The minimum Gasteiger partial charge on any atom is -0.336 e. The zero-order valence-electron chi connectivity index (χ0n) is 12.4. The molecule has 1 aliphatic rings. The number of benzene rings is 1. The maximum atomic E-state index is 12.6. The minimum absolute atomic E-state index is 0.109. The second-order valence-corrected chi connectivity index (χ2v) is 5.68. The summed E-state index contributed by atoms with van der Waals surface area (Å²) in [6.07, 6.45) is 1.08. The van der Waals surface area contributed by atoms with Crippen molar-refractivity contribution < 1.29 is 4.79 Å². The van der Waals surface area contributed by atoms with Gasteiger partial charge in [0, 0.05) is 23.7 Å². The van der Waals surface area contributed by atoms with E-state index in [1.54, 1.807) is 0 Å². The summed E-state index contributed by atoms with van der Waals surface area (Å²) in [5.74, 6) is 6.57. The Morgan fingerprint density at radius 1 is 1.45 bits per heavy atom. The Bertz CT molecular complexity index is 568. The lowest BCUT2D eigenvalue weighted by atomic mass is 10.0. The molecule has 20 heavy (non-hydrogen) atoms. The fourth-order valence-corrected chi connectivity index (χ4v) is 2.78. The van der Waals surface area contributed by atoms with Crippen molar-refractivity contribution in [2.24, 2.45) is 11.7 Å². The Balaban J connectivity index is 2.27. The van der Waals surface area contributed by atoms with Gasteiger partial charge in [-0.05, 0) is 43.9 Å². The van der Waals surface area contributed by atoms with Gasteiger partial charge in [0.1, 0.15) is 0 Å². The van der Waals surface area contributed by atoms with Crippen LogP contribution in [0.25, 0.3) is 0 Å². The maximum Gasteiger partial charge on any atom is 0.254 e. The van der Waals surface area contributed by atoms with Crippen LogP contribution in [0.15, 0.2) is 18.2 Å². The quantitative estimate of drug-likeness (QED) is 0.795. The number of rotatable bonds is 1. The van der Waals surface area contributed by atoms with Crippen molar-refractivity contribution in [2.75, 3.05) is 13.1 Å². The van der Waals surface area contributed by atoms with Gasteiger partial charge in [-0.15, -0.1) is 0 Å². The average Bonchev–Trinajstić information content (AvgIpc) is 2.76. The van der Waals surface area contributed by atoms with Crippen LogP contribution in [0, 0.1) is 24.7 Å². The summed E-state index contributed by atoms with van der Waals surface area (Å²) >= 11 is 0. The molecule has 2 atom stereocenters. The zero-order chi connectivity index (χ0) is 14.7. The lowest BCUT2D eigenvalue weighted by molar-refractivity contribution is 0.0743. The molecule has 0 spiro atoms. The standard InChI is InChI=1S/C17H22N2O/c1-12-9-14(3)19(11-12)17(20)16-7-6-13(2)15(10-16)5-4-8-18/h6-7,10,12,14H,8-9,11,18H2,1-3H3. The first-order valence-corrected chi connectivity index (χ1v) is 7.13. The van der Waals surface area contributed by atoms with Gasteiger partial charge in [-0.1, -0.05) is 24.8 Å². The van der Waals surface area contributed by atoms with Crippen LogP contribution in [0.4, 0.5) is 0 Å². The molecule has 0 saturated carbocycles. The lowest BCUT2D eigenvalue weighted by Crippen LogP contribution is -2.34. The second-order valence-electron chi connectivity index (χ2n) is 5.68. The van der Waals surface area contributed by atoms with E-state index >= 15 is 0 Å². The molecule has 1 aromatic carbocycles. The molecule has 2 rings (SSSR count). The molecule has 106 valence electrons. The molecule has 1 aromatic rings. The first kappa shape index (κ1) is 14.6. The highest BCUT2D eigenvalue weighted by Gasteiger charge is 2.30. The molecule has 3 heteroatoms. The monoisotopic (exact) mass is 270 g/mol. The summed E-state index contributed by atoms with van der Waals surface area (Å²) in [4.78, 5) is 14.6. The van der Waals surface area contributed by atoms with Crippen LogP contribution >= 0.6 is 0 Å². The molecule has 0 aromatic heterocycles. The minimum atomic E-state index is 0.109. The van der Waals surface area contributed by atoms with Crippen molar-refractivity contribution in [2.45, 2.75) is 33.2 Å². The molecule has 2 N–H and O–H groups in total. The van der Waals surface area contributed by atoms with Crippen LogP contribution in [-0.4, -0.2) is 29.9 Å². The Kier molecular flexibility index (Phi) is 4.46. The fraction of sp³-hybridized carbons (Fsp3) is 0.471. The van der Waals surface area contributed by atoms with Gasteiger partial charge in [-0.2, -0.15) is 0 Å². The Morgan fingerprint density at radius 2 is 2.20 bits per heavy atom. The summed E-state index contributed by atoms with van der Waals surface area (Å²) in [6.45, 7) is 7.48. The maximum absolute atomic E-state index is 12.6. The molecular weight excluding hydrogens is 248 g/mol.